The van der Waals surface area contributed by atoms with Crippen LogP contribution in [0.2, 0.25) is 0 Å². The molecule has 2 aliphatic rings. The summed E-state index contributed by atoms with van der Waals surface area (Å²) in [6.45, 7) is 14.1. The molecule has 2 aliphatic heterocycles. The Morgan fingerprint density at radius 1 is 1.24 bits per heavy atom. The number of epoxide rings is 1. The van der Waals surface area contributed by atoms with Crippen molar-refractivity contribution < 1.29 is 24.5 Å². The van der Waals surface area contributed by atoms with E-state index in [1.165, 1.54) is 0 Å². The van der Waals surface area contributed by atoms with Gasteiger partial charge in [0.25, 0.3) is 0 Å². The van der Waals surface area contributed by atoms with Crippen LogP contribution in [0.15, 0.2) is 11.0 Å². The van der Waals surface area contributed by atoms with Gasteiger partial charge in [0, 0.05) is 11.8 Å². The summed E-state index contributed by atoms with van der Waals surface area (Å²) in [6.07, 6.45) is 4.23. The first-order valence-corrected chi connectivity index (χ1v) is 13.5. The van der Waals surface area contributed by atoms with Crippen molar-refractivity contribution in [2.45, 2.75) is 117 Å². The van der Waals surface area contributed by atoms with Crippen molar-refractivity contribution in [1.29, 1.82) is 0 Å². The van der Waals surface area contributed by atoms with Crippen LogP contribution in [0.4, 0.5) is 0 Å². The zero-order valence-electron chi connectivity index (χ0n) is 21.8. The first kappa shape index (κ1) is 27.3. The number of fused-ring (bicyclic) bond motifs is 1. The second-order valence-corrected chi connectivity index (χ2v) is 12.6. The van der Waals surface area contributed by atoms with Gasteiger partial charge in [-0.25, -0.2) is 4.98 Å². The van der Waals surface area contributed by atoms with Gasteiger partial charge in [-0.3, -0.25) is 4.79 Å². The third kappa shape index (κ3) is 6.90. The molecule has 7 heteroatoms. The van der Waals surface area contributed by atoms with Crippen LogP contribution in [0.5, 0.6) is 0 Å². The highest BCUT2D eigenvalue weighted by molar-refractivity contribution is 7.09. The fourth-order valence-electron chi connectivity index (χ4n) is 5.34. The molecule has 0 radical (unpaired) electrons. The summed E-state index contributed by atoms with van der Waals surface area (Å²) in [5.41, 5.74) is 1.05. The molecule has 0 aliphatic carbocycles. The minimum absolute atomic E-state index is 0.0132. The number of rotatable bonds is 2. The Balaban J connectivity index is 1.81. The van der Waals surface area contributed by atoms with Gasteiger partial charge in [0.05, 0.1) is 41.0 Å². The van der Waals surface area contributed by atoms with E-state index in [0.717, 1.165) is 35.5 Å². The van der Waals surface area contributed by atoms with E-state index in [2.05, 4.69) is 18.8 Å². The lowest BCUT2D eigenvalue weighted by Crippen LogP contribution is -2.38. The van der Waals surface area contributed by atoms with Crippen molar-refractivity contribution in [3.63, 3.8) is 0 Å². The fourth-order valence-corrected chi connectivity index (χ4v) is 5.91. The topological polar surface area (TPSA) is 92.2 Å². The molecule has 2 saturated heterocycles. The molecule has 0 amide bonds. The summed E-state index contributed by atoms with van der Waals surface area (Å²) < 4.78 is 12.0. The van der Waals surface area contributed by atoms with Crippen LogP contribution in [0.25, 0.3) is 6.08 Å². The monoisotopic (exact) mass is 493 g/mol. The molecular weight excluding hydrogens is 450 g/mol. The normalized spacial score (nSPS) is 38.1. The molecule has 3 rings (SSSR count). The molecule has 6 nitrogen and oxygen atoms in total. The van der Waals surface area contributed by atoms with Gasteiger partial charge in [0.15, 0.2) is 0 Å². The van der Waals surface area contributed by atoms with Crippen LogP contribution < -0.4 is 0 Å². The zero-order valence-corrected chi connectivity index (χ0v) is 22.7. The molecule has 34 heavy (non-hydrogen) atoms. The number of carbonyl (C=O) groups excluding carboxylic acids is 1. The summed E-state index contributed by atoms with van der Waals surface area (Å²) in [4.78, 5) is 17.4. The van der Waals surface area contributed by atoms with Crippen LogP contribution in [0, 0.1) is 24.2 Å². The number of carbonyl (C=O) groups is 1. The van der Waals surface area contributed by atoms with Crippen molar-refractivity contribution in [3.05, 3.63) is 21.7 Å². The van der Waals surface area contributed by atoms with Crippen LogP contribution in [-0.2, 0) is 14.3 Å². The Morgan fingerprint density at radius 3 is 2.59 bits per heavy atom. The molecule has 1 aromatic rings. The maximum atomic E-state index is 12.9. The van der Waals surface area contributed by atoms with Crippen molar-refractivity contribution in [1.82, 2.24) is 4.98 Å². The second kappa shape index (κ2) is 10.8. The average Bonchev–Trinajstić information content (AvgIpc) is 3.18. The summed E-state index contributed by atoms with van der Waals surface area (Å²) in [6, 6.07) is 0. The third-order valence-electron chi connectivity index (χ3n) is 7.87. The van der Waals surface area contributed by atoms with Gasteiger partial charge < -0.3 is 19.7 Å². The van der Waals surface area contributed by atoms with Gasteiger partial charge in [0.1, 0.15) is 6.10 Å². The minimum Gasteiger partial charge on any atom is -0.458 e. The molecule has 2 N–H and O–H groups in total. The summed E-state index contributed by atoms with van der Waals surface area (Å²) in [5.74, 6) is -0.228. The van der Waals surface area contributed by atoms with Crippen LogP contribution in [-0.4, -0.2) is 51.2 Å². The largest absolute Gasteiger partial charge is 0.458 e. The van der Waals surface area contributed by atoms with Gasteiger partial charge >= 0.3 is 5.97 Å². The van der Waals surface area contributed by atoms with E-state index in [4.69, 9.17) is 9.47 Å². The van der Waals surface area contributed by atoms with E-state index in [-0.39, 0.29) is 30.0 Å². The van der Waals surface area contributed by atoms with Crippen molar-refractivity contribution in [2.75, 3.05) is 0 Å². The number of aliphatic hydroxyl groups is 2. The van der Waals surface area contributed by atoms with Crippen molar-refractivity contribution in [3.8, 4) is 0 Å². The molecule has 7 atom stereocenters. The van der Waals surface area contributed by atoms with Gasteiger partial charge in [-0.05, 0) is 68.9 Å². The number of ether oxygens (including phenoxy) is 2. The first-order chi connectivity index (χ1) is 15.8. The molecule has 192 valence electrons. The Bertz CT molecular complexity index is 880. The van der Waals surface area contributed by atoms with Crippen LogP contribution in [0.3, 0.4) is 0 Å². The number of hydrogen-bond donors (Lipinski definition) is 2. The highest BCUT2D eigenvalue weighted by atomic mass is 32.1. The number of nitrogens with zero attached hydrogens (tertiary/aromatic N) is 1. The molecule has 1 aromatic heterocycles. The number of cyclic esters (lactones) is 1. The quantitative estimate of drug-likeness (QED) is 0.429. The molecule has 3 heterocycles. The number of esters is 1. The van der Waals surface area contributed by atoms with Gasteiger partial charge in [-0.1, -0.05) is 34.1 Å². The number of aromatic nitrogens is 1. The lowest BCUT2D eigenvalue weighted by Gasteiger charge is -2.36. The fraction of sp³-hybridized carbons (Fsp3) is 0.778. The number of thiazole rings is 1. The molecular formula is C27H43NO5S. The minimum atomic E-state index is -0.855. The van der Waals surface area contributed by atoms with E-state index in [1.54, 1.807) is 11.3 Å². The lowest BCUT2D eigenvalue weighted by atomic mass is 9.74. The highest BCUT2D eigenvalue weighted by Gasteiger charge is 2.52. The van der Waals surface area contributed by atoms with Gasteiger partial charge in [-0.2, -0.15) is 0 Å². The molecule has 0 aromatic carbocycles. The standard InChI is InChI=1S/C27H43NO5S/c1-16-9-8-10-27(7)23(33-27)12-21(17(2)11-20-15-34-19(4)28-20)32-24(30)13-22(29)26(5,6)14-18(3)25(16)31/h11,15-16,18,21-23,25,29,31H,8-10,12-14H2,1-7H3/b17-11+. The van der Waals surface area contributed by atoms with E-state index in [9.17, 15) is 15.0 Å². The van der Waals surface area contributed by atoms with Crippen molar-refractivity contribution in [2.24, 2.45) is 17.3 Å². The molecule has 0 bridgehead atoms. The smallest absolute Gasteiger partial charge is 0.309 e. The first-order valence-electron chi connectivity index (χ1n) is 12.6. The SMILES string of the molecule is C/C(=C\c1csc(C)n1)C1CC2OC2(C)CCCC(C)C(O)C(C)CC(C)(C)C(O)CC(=O)O1. The Hall–Kier alpha value is -1.28. The van der Waals surface area contributed by atoms with Gasteiger partial charge in [-0.15, -0.1) is 11.3 Å². The van der Waals surface area contributed by atoms with E-state index < -0.39 is 29.7 Å². The zero-order chi connectivity index (χ0) is 25.3. The van der Waals surface area contributed by atoms with E-state index in [0.29, 0.717) is 12.8 Å². The maximum absolute atomic E-state index is 12.9. The third-order valence-corrected chi connectivity index (χ3v) is 8.66. The summed E-state index contributed by atoms with van der Waals surface area (Å²) in [7, 11) is 0. The maximum Gasteiger partial charge on any atom is 0.309 e. The molecule has 2 fully saturated rings. The van der Waals surface area contributed by atoms with Gasteiger partial charge in [0.2, 0.25) is 0 Å². The molecule has 0 spiro atoms. The summed E-state index contributed by atoms with van der Waals surface area (Å²) in [5, 5.41) is 24.8. The Kier molecular flexibility index (Phi) is 8.65. The predicted octanol–water partition coefficient (Wildman–Crippen LogP) is 5.30. The van der Waals surface area contributed by atoms with Crippen LogP contribution >= 0.6 is 11.3 Å². The van der Waals surface area contributed by atoms with E-state index in [1.807, 2.05) is 46.1 Å². The second-order valence-electron chi connectivity index (χ2n) is 11.6. The highest BCUT2D eigenvalue weighted by Crippen LogP contribution is 2.45. The Morgan fingerprint density at radius 2 is 1.94 bits per heavy atom. The molecule has 7 unspecified atom stereocenters. The van der Waals surface area contributed by atoms with E-state index >= 15 is 0 Å². The van der Waals surface area contributed by atoms with Crippen molar-refractivity contribution >= 4 is 23.4 Å². The van der Waals surface area contributed by atoms with Crippen LogP contribution in [0.1, 0.15) is 90.8 Å². The predicted molar refractivity (Wildman–Crippen MR) is 135 cm³/mol. The molecule has 0 saturated carbocycles. The average molecular weight is 494 g/mol. The number of hydrogen-bond acceptors (Lipinski definition) is 7. The number of aliphatic hydroxyl groups excluding tert-OH is 2. The number of aryl methyl sites for hydroxylation is 1. The lowest BCUT2D eigenvalue weighted by molar-refractivity contribution is -0.152. The summed E-state index contributed by atoms with van der Waals surface area (Å²) >= 11 is 1.59. The Labute approximate surface area is 208 Å².